The Balaban J connectivity index is 0. The number of nitrogens with one attached hydrogen (secondary N) is 1. The van der Waals surface area contributed by atoms with Crippen LogP contribution in [-0.4, -0.2) is 44.6 Å². The summed E-state index contributed by atoms with van der Waals surface area (Å²) in [4.78, 5) is 11.5. The number of hydrogen-bond donors (Lipinski definition) is 1. The molecule has 0 aromatic carbocycles. The fourth-order valence-corrected chi connectivity index (χ4v) is 1.86. The lowest BCUT2D eigenvalue weighted by Gasteiger charge is -2.23. The fourth-order valence-electron chi connectivity index (χ4n) is 1.86. The summed E-state index contributed by atoms with van der Waals surface area (Å²) >= 11 is 0. The van der Waals surface area contributed by atoms with Gasteiger partial charge in [-0.3, -0.25) is 4.79 Å². The smallest absolute Gasteiger partial charge is 0.220 e. The van der Waals surface area contributed by atoms with E-state index in [-0.39, 0.29) is 29.9 Å². The summed E-state index contributed by atoms with van der Waals surface area (Å²) in [6, 6.07) is 0. The topological polar surface area (TPSA) is 29.1 Å². The molecule has 0 spiro atoms. The molecule has 3 nitrogen and oxygen atoms in total. The molecule has 0 heterocycles. The molecule has 116 valence electrons. The van der Waals surface area contributed by atoms with E-state index in [0.717, 1.165) is 24.0 Å². The number of amides is 1. The van der Waals surface area contributed by atoms with Crippen molar-refractivity contribution in [3.05, 3.63) is 0 Å². The zero-order valence-corrected chi connectivity index (χ0v) is 15.5. The molecule has 1 amide bonds. The Labute approximate surface area is 137 Å². The maximum atomic E-state index is 11.5. The van der Waals surface area contributed by atoms with Crippen molar-refractivity contribution in [2.75, 3.05) is 34.2 Å². The second-order valence-corrected chi connectivity index (χ2v) is 6.24. The Kier molecular flexibility index (Phi) is 14.9. The van der Waals surface area contributed by atoms with Gasteiger partial charge in [0.2, 0.25) is 5.91 Å². The molecular weight excluding hydrogens is 351 g/mol. The molecular formula is C15H33IN2O. The van der Waals surface area contributed by atoms with Crippen LogP contribution in [0.1, 0.15) is 58.3 Å². The average molecular weight is 384 g/mol. The molecule has 0 aliphatic rings. The van der Waals surface area contributed by atoms with Crippen molar-refractivity contribution in [2.24, 2.45) is 0 Å². The van der Waals surface area contributed by atoms with Crippen molar-refractivity contribution in [3.63, 3.8) is 0 Å². The lowest BCUT2D eigenvalue weighted by Crippen LogP contribution is -3.00. The number of nitrogens with zero attached hydrogens (tertiary/aromatic N) is 1. The number of hydrogen-bond acceptors (Lipinski definition) is 1. The van der Waals surface area contributed by atoms with Gasteiger partial charge in [-0.15, -0.1) is 0 Å². The molecule has 4 heteroatoms. The summed E-state index contributed by atoms with van der Waals surface area (Å²) in [5.41, 5.74) is 0. The fraction of sp³-hybridized carbons (Fsp3) is 0.933. The van der Waals surface area contributed by atoms with Gasteiger partial charge in [-0.25, -0.2) is 0 Å². The van der Waals surface area contributed by atoms with Gasteiger partial charge < -0.3 is 33.8 Å². The Morgan fingerprint density at radius 2 is 1.47 bits per heavy atom. The monoisotopic (exact) mass is 384 g/mol. The van der Waals surface area contributed by atoms with E-state index in [1.807, 2.05) is 0 Å². The molecule has 0 unspecified atom stereocenters. The van der Waals surface area contributed by atoms with E-state index in [0.29, 0.717) is 6.42 Å². The van der Waals surface area contributed by atoms with E-state index >= 15 is 0 Å². The summed E-state index contributed by atoms with van der Waals surface area (Å²) in [7, 11) is 6.42. The summed E-state index contributed by atoms with van der Waals surface area (Å²) in [6.07, 6.45) is 9.56. The summed E-state index contributed by atoms with van der Waals surface area (Å²) in [6.45, 7) is 4.02. The summed E-state index contributed by atoms with van der Waals surface area (Å²) in [5, 5.41) is 3.00. The van der Waals surface area contributed by atoms with Crippen molar-refractivity contribution >= 4 is 5.91 Å². The van der Waals surface area contributed by atoms with Gasteiger partial charge >= 0.3 is 0 Å². The van der Waals surface area contributed by atoms with E-state index in [9.17, 15) is 4.79 Å². The van der Waals surface area contributed by atoms with Crippen LogP contribution in [0.4, 0.5) is 0 Å². The first-order chi connectivity index (χ1) is 8.45. The molecule has 0 aliphatic carbocycles. The quantitative estimate of drug-likeness (QED) is 0.302. The van der Waals surface area contributed by atoms with Gasteiger partial charge in [-0.1, -0.05) is 45.4 Å². The van der Waals surface area contributed by atoms with Gasteiger partial charge in [0.05, 0.1) is 34.2 Å². The number of likely N-dealkylation sites (N-methyl/N-ethyl adjacent to an activating group) is 1. The maximum absolute atomic E-state index is 11.5. The van der Waals surface area contributed by atoms with Crippen LogP contribution in [0.25, 0.3) is 0 Å². The van der Waals surface area contributed by atoms with Crippen LogP contribution in [0, 0.1) is 0 Å². The van der Waals surface area contributed by atoms with Crippen molar-refractivity contribution in [1.82, 2.24) is 5.32 Å². The summed E-state index contributed by atoms with van der Waals surface area (Å²) in [5.74, 6) is 0.219. The van der Waals surface area contributed by atoms with Crippen LogP contribution >= 0.6 is 0 Å². The Bertz CT molecular complexity index is 215. The van der Waals surface area contributed by atoms with Gasteiger partial charge in [0.1, 0.15) is 0 Å². The molecule has 0 atom stereocenters. The summed E-state index contributed by atoms with van der Waals surface area (Å²) < 4.78 is 0.901. The zero-order valence-electron chi connectivity index (χ0n) is 13.3. The highest BCUT2D eigenvalue weighted by Crippen LogP contribution is 2.08. The average Bonchev–Trinajstić information content (AvgIpc) is 2.26. The van der Waals surface area contributed by atoms with E-state index in [2.05, 4.69) is 33.4 Å². The van der Waals surface area contributed by atoms with E-state index in [4.69, 9.17) is 0 Å². The van der Waals surface area contributed by atoms with Gasteiger partial charge in [0.15, 0.2) is 0 Å². The molecule has 1 N–H and O–H groups in total. The number of rotatable bonds is 11. The lowest BCUT2D eigenvalue weighted by atomic mass is 10.1. The first kappa shape index (κ1) is 21.5. The highest BCUT2D eigenvalue weighted by atomic mass is 127. The minimum Gasteiger partial charge on any atom is -1.00 e. The number of carbonyl (C=O) groups excluding carboxylic acids is 1. The van der Waals surface area contributed by atoms with Crippen molar-refractivity contribution in [3.8, 4) is 0 Å². The molecule has 0 saturated carbocycles. The van der Waals surface area contributed by atoms with Crippen LogP contribution in [0.15, 0.2) is 0 Å². The second kappa shape index (κ2) is 13.2. The molecule has 0 fully saturated rings. The number of quaternary nitrogens is 1. The maximum Gasteiger partial charge on any atom is 0.220 e. The highest BCUT2D eigenvalue weighted by Gasteiger charge is 2.07. The predicted octanol–water partition coefficient (Wildman–Crippen LogP) is -0.0465. The van der Waals surface area contributed by atoms with Crippen LogP contribution in [0.5, 0.6) is 0 Å². The Hall–Kier alpha value is 0.160. The van der Waals surface area contributed by atoms with Crippen molar-refractivity contribution in [1.29, 1.82) is 0 Å². The van der Waals surface area contributed by atoms with Crippen LogP contribution < -0.4 is 29.3 Å². The molecule has 0 radical (unpaired) electrons. The van der Waals surface area contributed by atoms with Gasteiger partial charge in [0, 0.05) is 6.42 Å². The third kappa shape index (κ3) is 18.2. The normalized spacial score (nSPS) is 10.9. The Morgan fingerprint density at radius 3 is 2.00 bits per heavy atom. The second-order valence-electron chi connectivity index (χ2n) is 6.24. The van der Waals surface area contributed by atoms with Crippen molar-refractivity contribution < 1.29 is 33.3 Å². The molecule has 0 bridgehead atoms. The molecule has 0 aromatic heterocycles. The molecule has 0 aromatic rings. The van der Waals surface area contributed by atoms with Crippen LogP contribution in [-0.2, 0) is 4.79 Å². The SMILES string of the molecule is CCCCCCCCCC(=O)NCC[N+](C)(C)C.[I-]. The largest absolute Gasteiger partial charge is 1.00 e. The van der Waals surface area contributed by atoms with E-state index < -0.39 is 0 Å². The van der Waals surface area contributed by atoms with Gasteiger partial charge in [-0.05, 0) is 6.42 Å². The number of unbranched alkanes of at least 4 members (excludes halogenated alkanes) is 6. The predicted molar refractivity (Wildman–Crippen MR) is 78.5 cm³/mol. The highest BCUT2D eigenvalue weighted by molar-refractivity contribution is 5.75. The van der Waals surface area contributed by atoms with Gasteiger partial charge in [-0.2, -0.15) is 0 Å². The first-order valence-electron chi connectivity index (χ1n) is 7.53. The third-order valence-corrected chi connectivity index (χ3v) is 3.11. The molecule has 19 heavy (non-hydrogen) atoms. The first-order valence-corrected chi connectivity index (χ1v) is 7.53. The molecule has 0 aliphatic heterocycles. The lowest BCUT2D eigenvalue weighted by molar-refractivity contribution is -0.869. The Morgan fingerprint density at radius 1 is 0.947 bits per heavy atom. The van der Waals surface area contributed by atoms with E-state index in [1.165, 1.54) is 38.5 Å². The third-order valence-electron chi connectivity index (χ3n) is 3.11. The molecule has 0 saturated heterocycles. The van der Waals surface area contributed by atoms with Crippen molar-refractivity contribution in [2.45, 2.75) is 58.3 Å². The standard InChI is InChI=1S/C15H32N2O.HI/c1-5-6-7-8-9-10-11-12-15(18)16-13-14-17(2,3)4;/h5-14H2,1-4H3;1H. The number of halogens is 1. The number of carbonyl (C=O) groups is 1. The van der Waals surface area contributed by atoms with Crippen LogP contribution in [0.3, 0.4) is 0 Å². The van der Waals surface area contributed by atoms with E-state index in [1.54, 1.807) is 0 Å². The minimum atomic E-state index is 0. The van der Waals surface area contributed by atoms with Crippen LogP contribution in [0.2, 0.25) is 0 Å². The molecule has 0 rings (SSSR count). The zero-order chi connectivity index (χ0) is 13.9. The van der Waals surface area contributed by atoms with Gasteiger partial charge in [0.25, 0.3) is 0 Å². The minimum absolute atomic E-state index is 0.